The quantitative estimate of drug-likeness (QED) is 0.853. The summed E-state index contributed by atoms with van der Waals surface area (Å²) in [4.78, 5) is 14.2. The molecule has 3 N–H and O–H groups in total. The number of rotatable bonds is 3. The van der Waals surface area contributed by atoms with E-state index in [1.807, 2.05) is 48.5 Å². The standard InChI is InChI=1S/C16H15N3OS/c17-16(21)12-7-5-11(6-8-12)9-19-10-15(20)18-13-3-1-2-4-14(13)19/h1-8H,9-10H2,(H2,17,21)(H,18,20). The normalized spacial score (nSPS) is 13.5. The van der Waals surface area contributed by atoms with Gasteiger partial charge in [-0.05, 0) is 17.7 Å². The number of hydrogen-bond acceptors (Lipinski definition) is 3. The van der Waals surface area contributed by atoms with Gasteiger partial charge in [0.1, 0.15) is 4.99 Å². The van der Waals surface area contributed by atoms with Crippen molar-refractivity contribution >= 4 is 34.5 Å². The van der Waals surface area contributed by atoms with Gasteiger partial charge in [-0.25, -0.2) is 0 Å². The lowest BCUT2D eigenvalue weighted by atomic mass is 10.1. The lowest BCUT2D eigenvalue weighted by Crippen LogP contribution is -2.37. The predicted octanol–water partition coefficient (Wildman–Crippen LogP) is 2.28. The summed E-state index contributed by atoms with van der Waals surface area (Å²) < 4.78 is 0. The van der Waals surface area contributed by atoms with Gasteiger partial charge < -0.3 is 16.0 Å². The average molecular weight is 297 g/mol. The number of carbonyl (C=O) groups excluding carboxylic acids is 1. The van der Waals surface area contributed by atoms with Crippen LogP contribution in [0.4, 0.5) is 11.4 Å². The molecule has 1 aliphatic heterocycles. The van der Waals surface area contributed by atoms with E-state index in [-0.39, 0.29) is 5.91 Å². The Morgan fingerprint density at radius 3 is 2.62 bits per heavy atom. The summed E-state index contributed by atoms with van der Waals surface area (Å²) in [6.07, 6.45) is 0. The smallest absolute Gasteiger partial charge is 0.243 e. The molecule has 0 aliphatic carbocycles. The molecule has 0 spiro atoms. The highest BCUT2D eigenvalue weighted by Crippen LogP contribution is 2.29. The van der Waals surface area contributed by atoms with Crippen molar-refractivity contribution in [2.45, 2.75) is 6.54 Å². The van der Waals surface area contributed by atoms with Gasteiger partial charge in [-0.2, -0.15) is 0 Å². The molecule has 106 valence electrons. The average Bonchev–Trinajstić information content (AvgIpc) is 2.47. The molecule has 2 aromatic rings. The fourth-order valence-corrected chi connectivity index (χ4v) is 2.58. The highest BCUT2D eigenvalue weighted by atomic mass is 32.1. The Morgan fingerprint density at radius 1 is 1.19 bits per heavy atom. The van der Waals surface area contributed by atoms with Crippen molar-refractivity contribution < 1.29 is 4.79 Å². The first-order valence-corrected chi connectivity index (χ1v) is 7.07. The maximum atomic E-state index is 11.8. The molecule has 0 aromatic heterocycles. The first kappa shape index (κ1) is 13.6. The Balaban J connectivity index is 1.84. The van der Waals surface area contributed by atoms with Crippen LogP contribution in [0.5, 0.6) is 0 Å². The van der Waals surface area contributed by atoms with Crippen molar-refractivity contribution in [2.75, 3.05) is 16.8 Å². The van der Waals surface area contributed by atoms with E-state index in [1.54, 1.807) is 0 Å². The van der Waals surface area contributed by atoms with Crippen LogP contribution in [0.25, 0.3) is 0 Å². The van der Waals surface area contributed by atoms with Crippen LogP contribution >= 0.6 is 12.2 Å². The highest BCUT2D eigenvalue weighted by Gasteiger charge is 2.21. The van der Waals surface area contributed by atoms with E-state index >= 15 is 0 Å². The molecule has 21 heavy (non-hydrogen) atoms. The molecule has 4 nitrogen and oxygen atoms in total. The molecule has 0 saturated heterocycles. The number of benzene rings is 2. The third-order valence-corrected chi connectivity index (χ3v) is 3.70. The van der Waals surface area contributed by atoms with Crippen LogP contribution in [0.15, 0.2) is 48.5 Å². The number of thiocarbonyl (C=S) groups is 1. The summed E-state index contributed by atoms with van der Waals surface area (Å²) in [5, 5.41) is 2.89. The van der Waals surface area contributed by atoms with Crippen molar-refractivity contribution in [2.24, 2.45) is 5.73 Å². The summed E-state index contributed by atoms with van der Waals surface area (Å²) in [5.41, 5.74) is 9.45. The Morgan fingerprint density at radius 2 is 1.90 bits per heavy atom. The summed E-state index contributed by atoms with van der Waals surface area (Å²) in [6.45, 7) is 1.02. The fourth-order valence-electron chi connectivity index (χ4n) is 2.44. The second-order valence-corrected chi connectivity index (χ2v) is 5.42. The van der Waals surface area contributed by atoms with Crippen molar-refractivity contribution in [1.29, 1.82) is 0 Å². The van der Waals surface area contributed by atoms with Gasteiger partial charge in [0, 0.05) is 12.1 Å². The maximum Gasteiger partial charge on any atom is 0.243 e. The summed E-state index contributed by atoms with van der Waals surface area (Å²) in [5.74, 6) is 0.00783. The molecule has 0 fully saturated rings. The van der Waals surface area contributed by atoms with E-state index in [1.165, 1.54) is 0 Å². The number of nitrogens with two attached hydrogens (primary N) is 1. The molecule has 5 heteroatoms. The van der Waals surface area contributed by atoms with Gasteiger partial charge in [-0.1, -0.05) is 48.6 Å². The number of anilines is 2. The SMILES string of the molecule is NC(=S)c1ccc(CN2CC(=O)Nc3ccccc32)cc1. The van der Waals surface area contributed by atoms with Gasteiger partial charge in [0.25, 0.3) is 0 Å². The van der Waals surface area contributed by atoms with Crippen molar-refractivity contribution in [3.05, 3.63) is 59.7 Å². The number of nitrogens with zero attached hydrogens (tertiary/aromatic N) is 1. The van der Waals surface area contributed by atoms with Crippen LogP contribution in [0.2, 0.25) is 0 Å². The molecule has 1 amide bonds. The van der Waals surface area contributed by atoms with Crippen LogP contribution in [-0.4, -0.2) is 17.4 Å². The van der Waals surface area contributed by atoms with Crippen molar-refractivity contribution in [3.8, 4) is 0 Å². The Labute approximate surface area is 128 Å². The third kappa shape index (κ3) is 2.87. The van der Waals surface area contributed by atoms with Crippen molar-refractivity contribution in [3.63, 3.8) is 0 Å². The molecule has 0 radical (unpaired) electrons. The predicted molar refractivity (Wildman–Crippen MR) is 88.5 cm³/mol. The number of para-hydroxylation sites is 2. The summed E-state index contributed by atoms with van der Waals surface area (Å²) >= 11 is 4.95. The van der Waals surface area contributed by atoms with Crippen molar-refractivity contribution in [1.82, 2.24) is 0 Å². The van der Waals surface area contributed by atoms with Crippen LogP contribution in [0, 0.1) is 0 Å². The zero-order chi connectivity index (χ0) is 14.8. The fraction of sp³-hybridized carbons (Fsp3) is 0.125. The molecule has 0 saturated carbocycles. The van der Waals surface area contributed by atoms with E-state index in [0.717, 1.165) is 22.5 Å². The maximum absolute atomic E-state index is 11.8. The van der Waals surface area contributed by atoms with Gasteiger partial charge in [0.15, 0.2) is 0 Å². The van der Waals surface area contributed by atoms with Crippen LogP contribution in [-0.2, 0) is 11.3 Å². The Hall–Kier alpha value is -2.40. The lowest BCUT2D eigenvalue weighted by Gasteiger charge is -2.30. The molecule has 0 unspecified atom stereocenters. The summed E-state index contributed by atoms with van der Waals surface area (Å²) in [7, 11) is 0. The Kier molecular flexibility index (Phi) is 3.58. The lowest BCUT2D eigenvalue weighted by molar-refractivity contribution is -0.115. The van der Waals surface area contributed by atoms with Gasteiger partial charge in [-0.3, -0.25) is 4.79 Å². The molecule has 0 atom stereocenters. The summed E-state index contributed by atoms with van der Waals surface area (Å²) in [6, 6.07) is 15.6. The van der Waals surface area contributed by atoms with E-state index in [9.17, 15) is 4.79 Å². The van der Waals surface area contributed by atoms with E-state index in [2.05, 4.69) is 10.2 Å². The molecule has 1 aliphatic rings. The van der Waals surface area contributed by atoms with E-state index in [4.69, 9.17) is 18.0 Å². The number of carbonyl (C=O) groups is 1. The molecule has 0 bridgehead atoms. The zero-order valence-corrected chi connectivity index (χ0v) is 12.2. The molecule has 1 heterocycles. The number of amides is 1. The second-order valence-electron chi connectivity index (χ2n) is 4.98. The Bertz CT molecular complexity index is 697. The minimum absolute atomic E-state index is 0.00783. The highest BCUT2D eigenvalue weighted by molar-refractivity contribution is 7.80. The third-order valence-electron chi connectivity index (χ3n) is 3.47. The van der Waals surface area contributed by atoms with E-state index < -0.39 is 0 Å². The van der Waals surface area contributed by atoms with Gasteiger partial charge in [0.05, 0.1) is 17.9 Å². The largest absolute Gasteiger partial charge is 0.389 e. The first-order chi connectivity index (χ1) is 10.1. The van der Waals surface area contributed by atoms with Gasteiger partial charge in [0.2, 0.25) is 5.91 Å². The van der Waals surface area contributed by atoms with Crippen LogP contribution in [0.1, 0.15) is 11.1 Å². The minimum atomic E-state index is 0.00783. The molecular formula is C16H15N3OS. The van der Waals surface area contributed by atoms with E-state index in [0.29, 0.717) is 18.1 Å². The zero-order valence-electron chi connectivity index (χ0n) is 11.4. The topological polar surface area (TPSA) is 58.4 Å². The molecular weight excluding hydrogens is 282 g/mol. The second kappa shape index (κ2) is 5.54. The molecule has 2 aromatic carbocycles. The monoisotopic (exact) mass is 297 g/mol. The van der Waals surface area contributed by atoms with Gasteiger partial charge in [-0.15, -0.1) is 0 Å². The molecule has 3 rings (SSSR count). The number of hydrogen-bond donors (Lipinski definition) is 2. The minimum Gasteiger partial charge on any atom is -0.389 e. The number of fused-ring (bicyclic) bond motifs is 1. The first-order valence-electron chi connectivity index (χ1n) is 6.66. The van der Waals surface area contributed by atoms with Gasteiger partial charge >= 0.3 is 0 Å². The van der Waals surface area contributed by atoms with Crippen LogP contribution in [0.3, 0.4) is 0 Å². The van der Waals surface area contributed by atoms with Crippen LogP contribution < -0.4 is 16.0 Å². The number of nitrogens with one attached hydrogen (secondary N) is 1.